The minimum absolute atomic E-state index is 0.185. The van der Waals surface area contributed by atoms with Crippen molar-refractivity contribution in [3.63, 3.8) is 0 Å². The molecule has 12 rings (SSSR count). The van der Waals surface area contributed by atoms with E-state index in [0.717, 1.165) is 97.9 Å². The Balaban J connectivity index is 0.000000127. The molecule has 0 radical (unpaired) electrons. The summed E-state index contributed by atoms with van der Waals surface area (Å²) in [6.07, 6.45) is 4.16. The first-order chi connectivity index (χ1) is 33.8. The van der Waals surface area contributed by atoms with Crippen LogP contribution in [-0.2, 0) is 59.0 Å². The van der Waals surface area contributed by atoms with E-state index in [1.165, 1.54) is 93.0 Å². The minimum atomic E-state index is -4.25. The Hall–Kier alpha value is -6.54. The SMILES string of the molecule is COc1ccc2c(c1OC)C[NH+]1CCc3cc4c(cc3[C@H]1C2)OCO4.COc1ccc2c(c1OC)C[NH+]1CCc3cc4c(cc3[C@H]1C2)OCO4.O=S(=O)([O-])c1ccccc1.O=S(=O)([O-])c1ccccc1. The Kier molecular flexibility index (Phi) is 14.2. The third kappa shape index (κ3) is 10.1. The predicted molar refractivity (Wildman–Crippen MR) is 252 cm³/mol. The molecule has 18 heteroatoms. The first-order valence-corrected chi connectivity index (χ1v) is 25.6. The Labute approximate surface area is 407 Å². The zero-order valence-corrected chi connectivity index (χ0v) is 40.8. The monoisotopic (exact) mass is 994 g/mol. The molecule has 6 aliphatic heterocycles. The highest BCUT2D eigenvalue weighted by molar-refractivity contribution is 7.86. The maximum atomic E-state index is 10.3. The fourth-order valence-electron chi connectivity index (χ4n) is 10.3. The van der Waals surface area contributed by atoms with Crippen molar-refractivity contribution in [3.8, 4) is 46.0 Å². The molecule has 70 heavy (non-hydrogen) atoms. The van der Waals surface area contributed by atoms with Crippen molar-refractivity contribution in [2.75, 3.05) is 55.1 Å². The summed E-state index contributed by atoms with van der Waals surface area (Å²) in [5.74, 6) is 6.98. The van der Waals surface area contributed by atoms with Crippen LogP contribution in [-0.4, -0.2) is 81.1 Å². The van der Waals surface area contributed by atoms with E-state index in [9.17, 15) is 25.9 Å². The molecule has 6 aliphatic rings. The van der Waals surface area contributed by atoms with Gasteiger partial charge in [-0.2, -0.15) is 0 Å². The summed E-state index contributed by atoms with van der Waals surface area (Å²) in [5, 5.41) is 0. The van der Waals surface area contributed by atoms with Crippen LogP contribution in [0.1, 0.15) is 56.6 Å². The summed E-state index contributed by atoms with van der Waals surface area (Å²) in [6, 6.07) is 32.5. The van der Waals surface area contributed by atoms with E-state index in [-0.39, 0.29) is 9.79 Å². The third-order valence-corrected chi connectivity index (χ3v) is 15.3. The van der Waals surface area contributed by atoms with E-state index in [0.29, 0.717) is 25.7 Å². The molecule has 0 spiro atoms. The van der Waals surface area contributed by atoms with Crippen molar-refractivity contribution in [3.05, 3.63) is 154 Å². The summed E-state index contributed by atoms with van der Waals surface area (Å²) in [6.45, 7) is 4.84. The first kappa shape index (κ1) is 48.5. The number of methoxy groups -OCH3 is 4. The van der Waals surface area contributed by atoms with Gasteiger partial charge < -0.3 is 56.8 Å². The summed E-state index contributed by atoms with van der Waals surface area (Å²) >= 11 is 0. The zero-order valence-electron chi connectivity index (χ0n) is 39.2. The van der Waals surface area contributed by atoms with E-state index in [1.807, 2.05) is 12.1 Å². The average Bonchev–Trinajstić information content (AvgIpc) is 4.05. The van der Waals surface area contributed by atoms with Gasteiger partial charge in [0.2, 0.25) is 13.6 Å². The van der Waals surface area contributed by atoms with Crippen molar-refractivity contribution >= 4 is 20.2 Å². The number of nitrogens with one attached hydrogen (secondary N) is 2. The molecule has 0 aliphatic carbocycles. The fraction of sp³-hybridized carbons (Fsp3) is 0.308. The minimum Gasteiger partial charge on any atom is -0.744 e. The molecule has 2 N–H and O–H groups in total. The van der Waals surface area contributed by atoms with Crippen LogP contribution in [0.5, 0.6) is 46.0 Å². The zero-order chi connectivity index (χ0) is 49.2. The molecule has 0 fully saturated rings. The van der Waals surface area contributed by atoms with Gasteiger partial charge in [-0.05, 0) is 82.9 Å². The fourth-order valence-corrected chi connectivity index (χ4v) is 11.3. The van der Waals surface area contributed by atoms with Gasteiger partial charge in [0.1, 0.15) is 45.4 Å². The molecule has 0 bridgehead atoms. The number of quaternary nitrogens is 2. The number of hydrogen-bond acceptors (Lipinski definition) is 14. The summed E-state index contributed by atoms with van der Waals surface area (Å²) < 4.78 is 106. The number of hydrogen-bond donors (Lipinski definition) is 2. The van der Waals surface area contributed by atoms with E-state index < -0.39 is 20.2 Å². The van der Waals surface area contributed by atoms with Gasteiger partial charge in [-0.1, -0.05) is 48.5 Å². The second-order valence-corrected chi connectivity index (χ2v) is 20.2. The number of ether oxygens (including phenoxy) is 8. The normalized spacial score (nSPS) is 19.4. The maximum absolute atomic E-state index is 10.3. The van der Waals surface area contributed by atoms with E-state index >= 15 is 0 Å². The van der Waals surface area contributed by atoms with Crippen LogP contribution in [0.4, 0.5) is 0 Å². The van der Waals surface area contributed by atoms with Crippen molar-refractivity contribution in [1.82, 2.24) is 0 Å². The number of rotatable bonds is 6. The Morgan fingerprint density at radius 3 is 1.19 bits per heavy atom. The predicted octanol–water partition coefficient (Wildman–Crippen LogP) is 4.52. The Morgan fingerprint density at radius 1 is 0.486 bits per heavy atom. The van der Waals surface area contributed by atoms with Crippen LogP contribution < -0.4 is 47.7 Å². The van der Waals surface area contributed by atoms with Gasteiger partial charge in [0.25, 0.3) is 0 Å². The lowest BCUT2D eigenvalue weighted by molar-refractivity contribution is -0.949. The number of benzene rings is 6. The van der Waals surface area contributed by atoms with Gasteiger partial charge in [-0.3, -0.25) is 0 Å². The van der Waals surface area contributed by atoms with Gasteiger partial charge in [0, 0.05) is 36.8 Å². The molecular weight excluding hydrogens is 941 g/mol. The van der Waals surface area contributed by atoms with E-state index in [1.54, 1.807) is 50.4 Å². The number of fused-ring (bicyclic) bond motifs is 10. The van der Waals surface area contributed by atoms with E-state index in [4.69, 9.17) is 37.9 Å². The molecule has 0 aromatic heterocycles. The van der Waals surface area contributed by atoms with Crippen LogP contribution >= 0.6 is 0 Å². The van der Waals surface area contributed by atoms with Crippen LogP contribution in [0, 0.1) is 0 Å². The molecule has 0 saturated carbocycles. The van der Waals surface area contributed by atoms with Crippen molar-refractivity contribution in [2.24, 2.45) is 0 Å². The van der Waals surface area contributed by atoms with Gasteiger partial charge in [0.05, 0.1) is 62.4 Å². The molecular formula is C52H54N2O14S2. The lowest BCUT2D eigenvalue weighted by atomic mass is 9.83. The smallest absolute Gasteiger partial charge is 0.231 e. The average molecular weight is 995 g/mol. The highest BCUT2D eigenvalue weighted by Gasteiger charge is 2.40. The van der Waals surface area contributed by atoms with Crippen LogP contribution in [0.3, 0.4) is 0 Å². The lowest BCUT2D eigenvalue weighted by Crippen LogP contribution is -3.13. The highest BCUT2D eigenvalue weighted by atomic mass is 32.2. The largest absolute Gasteiger partial charge is 0.744 e. The van der Waals surface area contributed by atoms with Crippen molar-refractivity contribution < 1.29 is 73.6 Å². The quantitative estimate of drug-likeness (QED) is 0.221. The second kappa shape index (κ2) is 20.4. The molecule has 4 atom stereocenters. The topological polar surface area (TPSA) is 197 Å². The second-order valence-electron chi connectivity index (χ2n) is 17.4. The molecule has 6 aromatic carbocycles. The molecule has 2 unspecified atom stereocenters. The first-order valence-electron chi connectivity index (χ1n) is 22.8. The van der Waals surface area contributed by atoms with Gasteiger partial charge in [-0.25, -0.2) is 16.8 Å². The van der Waals surface area contributed by atoms with Crippen molar-refractivity contribution in [2.45, 2.75) is 60.6 Å². The van der Waals surface area contributed by atoms with Crippen LogP contribution in [0.2, 0.25) is 0 Å². The van der Waals surface area contributed by atoms with Crippen LogP contribution in [0.15, 0.2) is 119 Å². The van der Waals surface area contributed by atoms with Gasteiger partial charge in [0.15, 0.2) is 46.0 Å². The van der Waals surface area contributed by atoms with Gasteiger partial charge in [-0.15, -0.1) is 0 Å². The van der Waals surface area contributed by atoms with E-state index in [2.05, 4.69) is 36.4 Å². The Morgan fingerprint density at radius 2 is 0.857 bits per heavy atom. The molecule has 6 heterocycles. The van der Waals surface area contributed by atoms with Gasteiger partial charge >= 0.3 is 0 Å². The highest BCUT2D eigenvalue weighted by Crippen LogP contribution is 2.43. The molecule has 0 saturated heterocycles. The third-order valence-electron chi connectivity index (χ3n) is 13.6. The van der Waals surface area contributed by atoms with Crippen molar-refractivity contribution in [1.29, 1.82) is 0 Å². The summed E-state index contributed by atoms with van der Waals surface area (Å²) in [4.78, 5) is 2.81. The molecule has 16 nitrogen and oxygen atoms in total. The maximum Gasteiger partial charge on any atom is 0.231 e. The summed E-state index contributed by atoms with van der Waals surface area (Å²) in [5.41, 5.74) is 10.9. The summed E-state index contributed by atoms with van der Waals surface area (Å²) in [7, 11) is -1.66. The lowest BCUT2D eigenvalue weighted by Gasteiger charge is -2.39. The van der Waals surface area contributed by atoms with Crippen LogP contribution in [0.25, 0.3) is 0 Å². The standard InChI is InChI=1S/2C20H21NO4.2C6H6O3S/c2*1-22-17-4-3-12-7-16-14-9-19-18(24-11-25-19)8-13(14)5-6-21(16)10-15(12)20(17)23-2;2*7-10(8,9)6-4-2-1-3-5-6/h2*3-4,8-9,16H,5-7,10-11H2,1-2H3;2*1-5H,(H,7,8,9)/t2*16-;;/m11../s1. The molecule has 0 amide bonds. The molecule has 368 valence electrons. The Bertz CT molecular complexity index is 2890. The molecule has 6 aromatic rings.